The van der Waals surface area contributed by atoms with Crippen LogP contribution in [0.4, 0.5) is 20.6 Å². The first kappa shape index (κ1) is 19.8. The fourth-order valence-corrected chi connectivity index (χ4v) is 3.15. The van der Waals surface area contributed by atoms with Gasteiger partial charge in [0.25, 0.3) is 0 Å². The summed E-state index contributed by atoms with van der Waals surface area (Å²) < 4.78 is 23.7. The molecule has 1 unspecified atom stereocenters. The molecular formula is C19H19ClFN3O4. The molecule has 148 valence electrons. The second kappa shape index (κ2) is 8.35. The molecule has 3 rings (SSSR count). The molecule has 1 atom stereocenters. The minimum Gasteiger partial charge on any atom is -0.493 e. The van der Waals surface area contributed by atoms with E-state index < -0.39 is 11.8 Å². The molecule has 0 bridgehead atoms. The van der Waals surface area contributed by atoms with Crippen LogP contribution in [0.1, 0.15) is 6.42 Å². The molecule has 0 aliphatic carbocycles. The molecule has 0 spiro atoms. The van der Waals surface area contributed by atoms with E-state index in [0.29, 0.717) is 29.4 Å². The Hall–Kier alpha value is -3.00. The van der Waals surface area contributed by atoms with Crippen LogP contribution in [0, 0.1) is 5.82 Å². The lowest BCUT2D eigenvalue weighted by Gasteiger charge is -2.19. The van der Waals surface area contributed by atoms with Gasteiger partial charge in [-0.05, 0) is 30.3 Å². The third-order valence-electron chi connectivity index (χ3n) is 4.32. The summed E-state index contributed by atoms with van der Waals surface area (Å²) in [7, 11) is 3.05. The lowest BCUT2D eigenvalue weighted by Crippen LogP contribution is -2.39. The normalized spacial score (nSPS) is 16.1. The van der Waals surface area contributed by atoms with E-state index in [4.69, 9.17) is 21.1 Å². The molecule has 0 saturated carbocycles. The highest BCUT2D eigenvalue weighted by Crippen LogP contribution is 2.33. The number of nitrogens with zero attached hydrogens (tertiary/aromatic N) is 1. The smallest absolute Gasteiger partial charge is 0.319 e. The number of benzene rings is 2. The van der Waals surface area contributed by atoms with Crippen LogP contribution in [-0.2, 0) is 4.79 Å². The predicted octanol–water partition coefficient (Wildman–Crippen LogP) is 3.42. The standard InChI is InChI=1S/C19H19ClFN3O4/c1-27-16-6-4-13(9-17(16)28-2)24-10-12(8-18(24)25)23-19(26)22-11-3-5-15(21)14(20)7-11/h3-7,9,12H,8,10H2,1-2H3,(H2,22,23,26). The number of halogens is 2. The highest BCUT2D eigenvalue weighted by atomic mass is 35.5. The van der Waals surface area contributed by atoms with E-state index in [0.717, 1.165) is 6.07 Å². The number of carbonyl (C=O) groups is 2. The molecule has 2 aromatic rings. The Bertz CT molecular complexity index is 909. The van der Waals surface area contributed by atoms with Crippen LogP contribution in [-0.4, -0.2) is 38.7 Å². The maximum absolute atomic E-state index is 13.2. The van der Waals surface area contributed by atoms with Gasteiger partial charge >= 0.3 is 6.03 Å². The fourth-order valence-electron chi connectivity index (χ4n) is 2.97. The van der Waals surface area contributed by atoms with Crippen LogP contribution >= 0.6 is 11.6 Å². The van der Waals surface area contributed by atoms with Crippen molar-refractivity contribution in [1.82, 2.24) is 5.32 Å². The van der Waals surface area contributed by atoms with Gasteiger partial charge in [0.1, 0.15) is 5.82 Å². The fraction of sp³-hybridized carbons (Fsp3) is 0.263. The molecule has 2 N–H and O–H groups in total. The van der Waals surface area contributed by atoms with Gasteiger partial charge in [0.05, 0.1) is 25.3 Å². The zero-order valence-corrected chi connectivity index (χ0v) is 16.0. The van der Waals surface area contributed by atoms with Crippen molar-refractivity contribution in [2.45, 2.75) is 12.5 Å². The Kier molecular flexibility index (Phi) is 5.89. The van der Waals surface area contributed by atoms with Crippen molar-refractivity contribution in [2.75, 3.05) is 31.0 Å². The second-order valence-electron chi connectivity index (χ2n) is 6.17. The number of urea groups is 1. The third kappa shape index (κ3) is 4.28. The number of carbonyl (C=O) groups excluding carboxylic acids is 2. The largest absolute Gasteiger partial charge is 0.493 e. The molecule has 7 nitrogen and oxygen atoms in total. The maximum Gasteiger partial charge on any atom is 0.319 e. The summed E-state index contributed by atoms with van der Waals surface area (Å²) in [6.45, 7) is 0.311. The molecule has 3 amide bonds. The van der Waals surface area contributed by atoms with Crippen molar-refractivity contribution in [2.24, 2.45) is 0 Å². The highest BCUT2D eigenvalue weighted by Gasteiger charge is 2.32. The van der Waals surface area contributed by atoms with Crippen molar-refractivity contribution in [3.05, 3.63) is 47.2 Å². The number of anilines is 2. The predicted molar refractivity (Wildman–Crippen MR) is 104 cm³/mol. The first-order valence-electron chi connectivity index (χ1n) is 8.46. The zero-order chi connectivity index (χ0) is 20.3. The Labute approximate surface area is 166 Å². The van der Waals surface area contributed by atoms with Crippen LogP contribution in [0.5, 0.6) is 11.5 Å². The minimum atomic E-state index is -0.570. The van der Waals surface area contributed by atoms with Crippen LogP contribution in [0.25, 0.3) is 0 Å². The number of amides is 3. The van der Waals surface area contributed by atoms with Crippen molar-refractivity contribution < 1.29 is 23.5 Å². The van der Waals surface area contributed by atoms with Gasteiger partial charge in [-0.1, -0.05) is 11.6 Å². The van der Waals surface area contributed by atoms with Crippen molar-refractivity contribution in [3.8, 4) is 11.5 Å². The van der Waals surface area contributed by atoms with E-state index in [2.05, 4.69) is 10.6 Å². The summed E-state index contributed by atoms with van der Waals surface area (Å²) in [6.07, 6.45) is 0.159. The van der Waals surface area contributed by atoms with Gasteiger partial charge in [-0.25, -0.2) is 9.18 Å². The zero-order valence-electron chi connectivity index (χ0n) is 15.3. The average Bonchev–Trinajstić information content (AvgIpc) is 3.04. The summed E-state index contributed by atoms with van der Waals surface area (Å²) in [5, 5.41) is 5.22. The van der Waals surface area contributed by atoms with E-state index >= 15 is 0 Å². The lowest BCUT2D eigenvalue weighted by atomic mass is 10.2. The Balaban J connectivity index is 1.64. The van der Waals surface area contributed by atoms with Crippen LogP contribution in [0.3, 0.4) is 0 Å². The molecule has 2 aromatic carbocycles. The Morgan fingerprint density at radius 2 is 1.93 bits per heavy atom. The summed E-state index contributed by atoms with van der Waals surface area (Å²) in [5.74, 6) is 0.377. The summed E-state index contributed by atoms with van der Waals surface area (Å²) in [6, 6.07) is 8.17. The molecule has 9 heteroatoms. The SMILES string of the molecule is COc1ccc(N2CC(NC(=O)Nc3ccc(F)c(Cl)c3)CC2=O)cc1OC. The number of hydrogen-bond donors (Lipinski definition) is 2. The molecule has 1 aliphatic rings. The van der Waals surface area contributed by atoms with Gasteiger partial charge in [-0.3, -0.25) is 4.79 Å². The van der Waals surface area contributed by atoms with E-state index in [9.17, 15) is 14.0 Å². The van der Waals surface area contributed by atoms with E-state index in [1.807, 2.05) is 0 Å². The summed E-state index contributed by atoms with van der Waals surface area (Å²) in [4.78, 5) is 26.1. The molecule has 1 heterocycles. The number of ether oxygens (including phenoxy) is 2. The number of nitrogens with one attached hydrogen (secondary N) is 2. The van der Waals surface area contributed by atoms with Crippen molar-refractivity contribution in [1.29, 1.82) is 0 Å². The van der Waals surface area contributed by atoms with Gasteiger partial charge in [0.2, 0.25) is 5.91 Å². The monoisotopic (exact) mass is 407 g/mol. The second-order valence-corrected chi connectivity index (χ2v) is 6.58. The first-order valence-corrected chi connectivity index (χ1v) is 8.84. The van der Waals surface area contributed by atoms with Crippen molar-refractivity contribution in [3.63, 3.8) is 0 Å². The number of hydrogen-bond acceptors (Lipinski definition) is 4. The molecule has 0 aromatic heterocycles. The van der Waals surface area contributed by atoms with Gasteiger partial charge in [0, 0.05) is 30.4 Å². The first-order chi connectivity index (χ1) is 13.4. The maximum atomic E-state index is 13.2. The molecule has 1 fully saturated rings. The van der Waals surface area contributed by atoms with E-state index in [-0.39, 0.29) is 23.4 Å². The lowest BCUT2D eigenvalue weighted by molar-refractivity contribution is -0.117. The summed E-state index contributed by atoms with van der Waals surface area (Å²) >= 11 is 5.70. The van der Waals surface area contributed by atoms with E-state index in [1.54, 1.807) is 23.1 Å². The van der Waals surface area contributed by atoms with Gasteiger partial charge in [-0.2, -0.15) is 0 Å². The molecule has 1 saturated heterocycles. The minimum absolute atomic E-state index is 0.0894. The van der Waals surface area contributed by atoms with Gasteiger partial charge in [-0.15, -0.1) is 0 Å². The van der Waals surface area contributed by atoms with Crippen LogP contribution in [0.2, 0.25) is 5.02 Å². The molecular weight excluding hydrogens is 389 g/mol. The molecule has 0 radical (unpaired) electrons. The average molecular weight is 408 g/mol. The highest BCUT2D eigenvalue weighted by molar-refractivity contribution is 6.31. The molecule has 1 aliphatic heterocycles. The van der Waals surface area contributed by atoms with Crippen LogP contribution in [0.15, 0.2) is 36.4 Å². The Morgan fingerprint density at radius 1 is 1.18 bits per heavy atom. The third-order valence-corrected chi connectivity index (χ3v) is 4.61. The Morgan fingerprint density at radius 3 is 2.61 bits per heavy atom. The quantitative estimate of drug-likeness (QED) is 0.795. The van der Waals surface area contributed by atoms with Crippen molar-refractivity contribution >= 4 is 34.9 Å². The molecule has 28 heavy (non-hydrogen) atoms. The van der Waals surface area contributed by atoms with Gasteiger partial charge < -0.3 is 25.0 Å². The van der Waals surface area contributed by atoms with Gasteiger partial charge in [0.15, 0.2) is 11.5 Å². The van der Waals surface area contributed by atoms with Crippen LogP contribution < -0.4 is 25.0 Å². The van der Waals surface area contributed by atoms with E-state index in [1.165, 1.54) is 26.4 Å². The summed E-state index contributed by atoms with van der Waals surface area (Å²) in [5.41, 5.74) is 1.00. The topological polar surface area (TPSA) is 79.9 Å². The number of rotatable bonds is 5. The number of methoxy groups -OCH3 is 2.